The SMILES string of the molecule is CCCCCCCCCCCCOC1OC(CO)C(OC2(C(=O)O)CC(O)C(NC(C)=O)C(C(O)C(O)CO)O2)C(O)C1O. The van der Waals surface area contributed by atoms with Gasteiger partial charge in [0.15, 0.2) is 6.29 Å². The molecule has 2 rings (SSSR count). The first-order chi connectivity index (χ1) is 20.9. The van der Waals surface area contributed by atoms with E-state index in [4.69, 9.17) is 18.9 Å². The molecule has 0 bridgehead atoms. The molecular formula is C29H53NO14. The van der Waals surface area contributed by atoms with E-state index in [0.29, 0.717) is 6.42 Å². The van der Waals surface area contributed by atoms with Gasteiger partial charge in [-0.3, -0.25) is 4.79 Å². The van der Waals surface area contributed by atoms with Crippen molar-refractivity contribution in [2.24, 2.45) is 0 Å². The minimum absolute atomic E-state index is 0.209. The van der Waals surface area contributed by atoms with Gasteiger partial charge in [-0.15, -0.1) is 0 Å². The highest BCUT2D eigenvalue weighted by Crippen LogP contribution is 2.37. The monoisotopic (exact) mass is 639 g/mol. The van der Waals surface area contributed by atoms with E-state index >= 15 is 0 Å². The Morgan fingerprint density at radius 3 is 2.07 bits per heavy atom. The number of unbranched alkanes of at least 4 members (excludes halogenated alkanes) is 9. The zero-order valence-electron chi connectivity index (χ0n) is 25.7. The summed E-state index contributed by atoms with van der Waals surface area (Å²) in [4.78, 5) is 24.2. The number of carbonyl (C=O) groups excluding carboxylic acids is 1. The summed E-state index contributed by atoms with van der Waals surface area (Å²) in [5.74, 6) is -5.28. The highest BCUT2D eigenvalue weighted by molar-refractivity contribution is 5.76. The number of hydrogen-bond acceptors (Lipinski definition) is 13. The molecule has 0 radical (unpaired) electrons. The first-order valence-corrected chi connectivity index (χ1v) is 15.7. The molecule has 0 aromatic carbocycles. The van der Waals surface area contributed by atoms with Gasteiger partial charge in [0.1, 0.15) is 42.7 Å². The second kappa shape index (κ2) is 19.2. The van der Waals surface area contributed by atoms with Crippen molar-refractivity contribution in [1.82, 2.24) is 5.32 Å². The van der Waals surface area contributed by atoms with Crippen LogP contribution in [0.4, 0.5) is 0 Å². The molecular weight excluding hydrogens is 586 g/mol. The Bertz CT molecular complexity index is 849. The van der Waals surface area contributed by atoms with Gasteiger partial charge in [0, 0.05) is 20.0 Å². The van der Waals surface area contributed by atoms with Crippen LogP contribution in [-0.4, -0.2) is 140 Å². The average Bonchev–Trinajstić information content (AvgIpc) is 2.99. The number of carbonyl (C=O) groups is 2. The van der Waals surface area contributed by atoms with Crippen molar-refractivity contribution in [2.45, 2.75) is 151 Å². The number of carboxylic acid groups (broad SMARTS) is 1. The molecule has 258 valence electrons. The quantitative estimate of drug-likeness (QED) is 0.0718. The van der Waals surface area contributed by atoms with Gasteiger partial charge >= 0.3 is 5.97 Å². The van der Waals surface area contributed by atoms with Crippen LogP contribution in [0.5, 0.6) is 0 Å². The number of aliphatic hydroxyl groups is 7. The molecule has 2 aliphatic rings. The topological polar surface area (TPSA) is 245 Å². The number of ether oxygens (including phenoxy) is 4. The van der Waals surface area contributed by atoms with E-state index in [1.54, 1.807) is 0 Å². The highest BCUT2D eigenvalue weighted by atomic mass is 16.8. The molecule has 0 spiro atoms. The molecule has 15 heteroatoms. The number of nitrogens with one attached hydrogen (secondary N) is 1. The largest absolute Gasteiger partial charge is 0.477 e. The van der Waals surface area contributed by atoms with Crippen molar-refractivity contribution in [3.05, 3.63) is 0 Å². The van der Waals surface area contributed by atoms with Crippen molar-refractivity contribution in [1.29, 1.82) is 0 Å². The molecule has 2 fully saturated rings. The second-order valence-corrected chi connectivity index (χ2v) is 11.7. The maximum Gasteiger partial charge on any atom is 0.364 e. The van der Waals surface area contributed by atoms with E-state index in [-0.39, 0.29) is 6.61 Å². The molecule has 2 saturated heterocycles. The lowest BCUT2D eigenvalue weighted by Crippen LogP contribution is -2.70. The Morgan fingerprint density at radius 2 is 1.55 bits per heavy atom. The van der Waals surface area contributed by atoms with Crippen molar-refractivity contribution >= 4 is 11.9 Å². The third kappa shape index (κ3) is 10.8. The van der Waals surface area contributed by atoms with Gasteiger partial charge in [-0.05, 0) is 6.42 Å². The van der Waals surface area contributed by atoms with Crippen LogP contribution < -0.4 is 5.32 Å². The average molecular weight is 640 g/mol. The summed E-state index contributed by atoms with van der Waals surface area (Å²) in [6.45, 7) is 1.76. The molecule has 2 aliphatic heterocycles. The van der Waals surface area contributed by atoms with Crippen LogP contribution >= 0.6 is 0 Å². The van der Waals surface area contributed by atoms with Crippen LogP contribution in [0.15, 0.2) is 0 Å². The van der Waals surface area contributed by atoms with Gasteiger partial charge in [0.2, 0.25) is 5.91 Å². The normalized spacial score (nSPS) is 33.9. The van der Waals surface area contributed by atoms with E-state index < -0.39 is 98.5 Å². The van der Waals surface area contributed by atoms with Gasteiger partial charge in [0.25, 0.3) is 5.79 Å². The van der Waals surface area contributed by atoms with Gasteiger partial charge in [-0.2, -0.15) is 0 Å². The highest BCUT2D eigenvalue weighted by Gasteiger charge is 2.59. The molecule has 9 N–H and O–H groups in total. The van der Waals surface area contributed by atoms with Crippen LogP contribution in [0.1, 0.15) is 84.5 Å². The van der Waals surface area contributed by atoms with Gasteiger partial charge in [-0.25, -0.2) is 4.79 Å². The smallest absolute Gasteiger partial charge is 0.364 e. The third-order valence-corrected chi connectivity index (χ3v) is 8.11. The number of carboxylic acids is 1. The summed E-state index contributed by atoms with van der Waals surface area (Å²) in [5, 5.41) is 84.8. The molecule has 11 atom stereocenters. The zero-order chi connectivity index (χ0) is 32.9. The van der Waals surface area contributed by atoms with Crippen LogP contribution in [0.3, 0.4) is 0 Å². The number of aliphatic carboxylic acids is 1. The Kier molecular flexibility index (Phi) is 16.9. The maximum atomic E-state index is 12.5. The lowest BCUT2D eigenvalue weighted by Gasteiger charge is -2.50. The first kappa shape index (κ1) is 38.7. The number of aliphatic hydroxyl groups excluding tert-OH is 7. The van der Waals surface area contributed by atoms with Gasteiger partial charge < -0.3 is 65.1 Å². The molecule has 15 nitrogen and oxygen atoms in total. The van der Waals surface area contributed by atoms with Gasteiger partial charge in [-0.1, -0.05) is 64.7 Å². The fourth-order valence-electron chi connectivity index (χ4n) is 5.59. The lowest BCUT2D eigenvalue weighted by atomic mass is 9.88. The Labute approximate surface area is 258 Å². The van der Waals surface area contributed by atoms with Gasteiger partial charge in [0.05, 0.1) is 25.4 Å². The molecule has 0 aromatic heterocycles. The maximum absolute atomic E-state index is 12.5. The zero-order valence-corrected chi connectivity index (χ0v) is 25.7. The fourth-order valence-corrected chi connectivity index (χ4v) is 5.59. The number of rotatable bonds is 20. The molecule has 11 unspecified atom stereocenters. The van der Waals surface area contributed by atoms with Crippen LogP contribution in [0.25, 0.3) is 0 Å². The van der Waals surface area contributed by atoms with Crippen LogP contribution in [-0.2, 0) is 28.5 Å². The fraction of sp³-hybridized carbons (Fsp3) is 0.931. The van der Waals surface area contributed by atoms with Crippen LogP contribution in [0.2, 0.25) is 0 Å². The number of amides is 1. The van der Waals surface area contributed by atoms with E-state index in [0.717, 1.165) is 26.2 Å². The Balaban J connectivity index is 2.04. The predicted molar refractivity (Wildman–Crippen MR) is 153 cm³/mol. The third-order valence-electron chi connectivity index (χ3n) is 8.11. The molecule has 44 heavy (non-hydrogen) atoms. The predicted octanol–water partition coefficient (Wildman–Crippen LogP) is -1.10. The Morgan fingerprint density at radius 1 is 0.955 bits per heavy atom. The summed E-state index contributed by atoms with van der Waals surface area (Å²) >= 11 is 0. The van der Waals surface area contributed by atoms with E-state index in [2.05, 4.69) is 12.2 Å². The molecule has 0 aliphatic carbocycles. The summed E-state index contributed by atoms with van der Waals surface area (Å²) in [7, 11) is 0. The summed E-state index contributed by atoms with van der Waals surface area (Å²) < 4.78 is 22.5. The van der Waals surface area contributed by atoms with E-state index in [1.807, 2.05) is 0 Å². The van der Waals surface area contributed by atoms with Crippen molar-refractivity contribution < 1.29 is 69.4 Å². The summed E-state index contributed by atoms with van der Waals surface area (Å²) in [5.41, 5.74) is 0. The summed E-state index contributed by atoms with van der Waals surface area (Å²) in [6.07, 6.45) is -5.10. The molecule has 1 amide bonds. The molecule has 0 aromatic rings. The van der Waals surface area contributed by atoms with Crippen molar-refractivity contribution in [3.8, 4) is 0 Å². The summed E-state index contributed by atoms with van der Waals surface area (Å²) in [6, 6.07) is -1.42. The van der Waals surface area contributed by atoms with E-state index in [1.165, 1.54) is 38.5 Å². The number of hydrogen-bond donors (Lipinski definition) is 9. The second-order valence-electron chi connectivity index (χ2n) is 11.7. The standard InChI is InChI=1S/C29H53NO14/c1-3-4-5-6-7-8-9-10-11-12-13-41-27-24(38)23(37)25(20(16-32)42-27)43-29(28(39)40)14-18(34)21(30-17(2)33)26(44-29)22(36)19(35)15-31/h18-27,31-32,34-38H,3-16H2,1-2H3,(H,30,33)(H,39,40). The van der Waals surface area contributed by atoms with Crippen molar-refractivity contribution in [2.75, 3.05) is 19.8 Å². The minimum Gasteiger partial charge on any atom is -0.477 e. The molecule has 0 saturated carbocycles. The van der Waals surface area contributed by atoms with Crippen LogP contribution in [0, 0.1) is 0 Å². The minimum atomic E-state index is -2.80. The van der Waals surface area contributed by atoms with Crippen molar-refractivity contribution in [3.63, 3.8) is 0 Å². The molecule has 2 heterocycles. The Hall–Kier alpha value is -1.50. The lowest BCUT2D eigenvalue weighted by molar-refractivity contribution is -0.369. The first-order valence-electron chi connectivity index (χ1n) is 15.7. The van der Waals surface area contributed by atoms with E-state index in [9.17, 15) is 50.4 Å².